The fourth-order valence-corrected chi connectivity index (χ4v) is 11.5. The molecule has 3 aromatic carbocycles. The molecule has 380 valence electrons. The Labute approximate surface area is 426 Å². The molecule has 7 rings (SSSR count). The van der Waals surface area contributed by atoms with Gasteiger partial charge in [0.2, 0.25) is 17.7 Å². The number of ether oxygens (including phenoxy) is 3. The van der Waals surface area contributed by atoms with Crippen molar-refractivity contribution in [3.8, 4) is 22.3 Å². The predicted molar refractivity (Wildman–Crippen MR) is 274 cm³/mol. The number of aromatic nitrogens is 1. The molecule has 3 aliphatic rings. The highest BCUT2D eigenvalue weighted by molar-refractivity contribution is 7.13. The molecule has 0 radical (unpaired) electrons. The third-order valence-corrected chi connectivity index (χ3v) is 15.7. The average Bonchev–Trinajstić information content (AvgIpc) is 3.93. The second-order valence-corrected chi connectivity index (χ2v) is 23.0. The number of thiazole rings is 1. The molecular weight excluding hydrogens is 942 g/mol. The van der Waals surface area contributed by atoms with Crippen LogP contribution in [0.3, 0.4) is 0 Å². The highest BCUT2D eigenvalue weighted by Crippen LogP contribution is 2.55. The average molecular weight is 1010 g/mol. The molecule has 3 fully saturated rings. The van der Waals surface area contributed by atoms with Gasteiger partial charge in [0.1, 0.15) is 36.6 Å². The third kappa shape index (κ3) is 12.0. The van der Waals surface area contributed by atoms with Crippen LogP contribution in [0.4, 0.5) is 5.69 Å². The zero-order valence-electron chi connectivity index (χ0n) is 42.2. The number of hydrogen-bond acceptors (Lipinski definition) is 12. The molecular formula is C54H68ClN7O8S. The fourth-order valence-electron chi connectivity index (χ4n) is 10.5. The van der Waals surface area contributed by atoms with E-state index in [-0.39, 0.29) is 55.0 Å². The number of aryl methyl sites for hydroxylation is 1. The lowest BCUT2D eigenvalue weighted by atomic mass is 9.49. The van der Waals surface area contributed by atoms with Crippen molar-refractivity contribution in [3.05, 3.63) is 99.6 Å². The van der Waals surface area contributed by atoms with Gasteiger partial charge in [0, 0.05) is 65.7 Å². The van der Waals surface area contributed by atoms with Crippen LogP contribution in [0.1, 0.15) is 108 Å². The Morgan fingerprint density at radius 1 is 1.00 bits per heavy atom. The summed E-state index contributed by atoms with van der Waals surface area (Å²) in [6.45, 7) is 19.5. The molecule has 3 heterocycles. The molecule has 17 heteroatoms. The van der Waals surface area contributed by atoms with Gasteiger partial charge in [-0.25, -0.2) is 4.98 Å². The lowest BCUT2D eigenvalue weighted by Crippen LogP contribution is -2.74. The van der Waals surface area contributed by atoms with Gasteiger partial charge in [-0.15, -0.1) is 11.3 Å². The van der Waals surface area contributed by atoms with Crippen molar-refractivity contribution in [1.82, 2.24) is 25.8 Å². The van der Waals surface area contributed by atoms with Crippen molar-refractivity contribution in [2.45, 2.75) is 118 Å². The Hall–Kier alpha value is -5.57. The van der Waals surface area contributed by atoms with E-state index >= 15 is 0 Å². The minimum atomic E-state index is -0.974. The van der Waals surface area contributed by atoms with Crippen LogP contribution >= 0.6 is 22.9 Å². The molecule has 0 bridgehead atoms. The molecule has 0 spiro atoms. The molecule has 5 N–H and O–H groups in total. The number of nitriles is 1. The summed E-state index contributed by atoms with van der Waals surface area (Å²) >= 11 is 7.83. The smallest absolute Gasteiger partial charge is 0.251 e. The van der Waals surface area contributed by atoms with Crippen molar-refractivity contribution < 1.29 is 38.5 Å². The Morgan fingerprint density at radius 3 is 2.28 bits per heavy atom. The first-order chi connectivity index (χ1) is 33.5. The number of rotatable bonds is 19. The number of β-amino-alcohol motifs (C(OH)–C–C–N with tert-alkyl or cyclic N) is 1. The summed E-state index contributed by atoms with van der Waals surface area (Å²) in [4.78, 5) is 61.5. The maximum atomic E-state index is 14.2. The van der Waals surface area contributed by atoms with Gasteiger partial charge >= 0.3 is 0 Å². The van der Waals surface area contributed by atoms with Crippen molar-refractivity contribution in [2.75, 3.05) is 44.8 Å². The van der Waals surface area contributed by atoms with E-state index in [0.29, 0.717) is 54.7 Å². The van der Waals surface area contributed by atoms with Crippen LogP contribution in [-0.4, -0.2) is 108 Å². The molecule has 1 aliphatic carbocycles. The van der Waals surface area contributed by atoms with Crippen molar-refractivity contribution >= 4 is 52.3 Å². The highest BCUT2D eigenvalue weighted by atomic mass is 35.5. The first kappa shape index (κ1) is 53.2. The number of nitrogens with zero attached hydrogens (tertiary/aromatic N) is 3. The Morgan fingerprint density at radius 2 is 1.69 bits per heavy atom. The molecule has 4 aromatic rings. The number of aliphatic hydroxyl groups is 1. The number of aliphatic hydroxyl groups excluding tert-OH is 1. The van der Waals surface area contributed by atoms with Gasteiger partial charge < -0.3 is 45.5 Å². The van der Waals surface area contributed by atoms with Crippen molar-refractivity contribution in [3.63, 3.8) is 0 Å². The molecule has 71 heavy (non-hydrogen) atoms. The van der Waals surface area contributed by atoms with Crippen molar-refractivity contribution in [2.24, 2.45) is 21.7 Å². The van der Waals surface area contributed by atoms with Crippen LogP contribution in [0, 0.1) is 39.9 Å². The van der Waals surface area contributed by atoms with Crippen LogP contribution in [0.2, 0.25) is 5.02 Å². The van der Waals surface area contributed by atoms with E-state index in [1.54, 1.807) is 41.7 Å². The third-order valence-electron chi connectivity index (χ3n) is 14.4. The summed E-state index contributed by atoms with van der Waals surface area (Å²) in [5, 5.41) is 32.9. The summed E-state index contributed by atoms with van der Waals surface area (Å²) in [6, 6.07) is 20.0. The first-order valence-corrected chi connectivity index (χ1v) is 25.5. The predicted octanol–water partition coefficient (Wildman–Crippen LogP) is 7.85. The SMILES string of the molecule is Cc1ncsc1-c1ccc([C@H](C)NC(=O)[C@@H]2C[C@@H](O)CN2C(=O)C(NC(=O)COCCC2(CCNc3ccc(C(=O)NC4C(C)(C)C(Oc5ccc(C#N)c(Cl)c5)C4(C)C)cc3)COC2)C(C)(C)C)cc1. The number of carbonyl (C=O) groups excluding carboxylic acids is 4. The second kappa shape index (κ2) is 21.6. The van der Waals surface area contributed by atoms with Gasteiger partial charge in [0.25, 0.3) is 5.91 Å². The van der Waals surface area contributed by atoms with Gasteiger partial charge in [0.05, 0.1) is 52.0 Å². The van der Waals surface area contributed by atoms with E-state index in [9.17, 15) is 29.5 Å². The molecule has 4 atom stereocenters. The molecule has 2 saturated heterocycles. The van der Waals surface area contributed by atoms with Crippen LogP contribution in [0.5, 0.6) is 5.75 Å². The van der Waals surface area contributed by atoms with Gasteiger partial charge in [-0.1, -0.05) is 84.3 Å². The zero-order valence-corrected chi connectivity index (χ0v) is 43.8. The van der Waals surface area contributed by atoms with E-state index in [2.05, 4.69) is 60.0 Å². The van der Waals surface area contributed by atoms with Gasteiger partial charge in [-0.2, -0.15) is 5.26 Å². The largest absolute Gasteiger partial charge is 0.489 e. The van der Waals surface area contributed by atoms with E-state index in [4.69, 9.17) is 25.8 Å². The van der Waals surface area contributed by atoms with Gasteiger partial charge in [-0.3, -0.25) is 19.2 Å². The molecule has 1 saturated carbocycles. The summed E-state index contributed by atoms with van der Waals surface area (Å²) in [5.74, 6) is -0.862. The lowest BCUT2D eigenvalue weighted by Gasteiger charge is -2.63. The van der Waals surface area contributed by atoms with E-state index in [1.807, 2.05) is 76.5 Å². The number of likely N-dealkylation sites (tertiary alicyclic amines) is 1. The minimum absolute atomic E-state index is 0.0233. The van der Waals surface area contributed by atoms with Gasteiger partial charge in [0.15, 0.2) is 0 Å². The normalized spacial score (nSPS) is 21.6. The van der Waals surface area contributed by atoms with Crippen LogP contribution in [0.15, 0.2) is 72.2 Å². The number of halogens is 1. The topological polar surface area (TPSA) is 204 Å². The first-order valence-electron chi connectivity index (χ1n) is 24.3. The van der Waals surface area contributed by atoms with E-state index in [1.165, 1.54) is 4.90 Å². The molecule has 15 nitrogen and oxygen atoms in total. The number of hydrogen-bond donors (Lipinski definition) is 5. The summed E-state index contributed by atoms with van der Waals surface area (Å²) in [5.41, 5.74) is 4.90. The Kier molecular flexibility index (Phi) is 16.2. The summed E-state index contributed by atoms with van der Waals surface area (Å²) in [7, 11) is 0. The number of carbonyl (C=O) groups is 4. The van der Waals surface area contributed by atoms with E-state index in [0.717, 1.165) is 33.8 Å². The monoisotopic (exact) mass is 1010 g/mol. The highest BCUT2D eigenvalue weighted by Gasteiger charge is 2.64. The number of anilines is 1. The van der Waals surface area contributed by atoms with Crippen LogP contribution < -0.4 is 26.0 Å². The van der Waals surface area contributed by atoms with Crippen LogP contribution in [0.25, 0.3) is 10.4 Å². The standard InChI is InChI=1S/C54H68ClN7O8S/c1-32(34-10-12-35(13-11-34)44-33(2)58-31-71-44)59-47(66)42-24-39(63)27-62(42)48(67)45(51(3,4)5)60-43(64)28-68-23-21-54(29-69-30-54)20-22-57-38-17-14-36(15-18-38)46(65)61-49-52(6,7)50(53(49,8)9)70-40-19-16-37(26-56)41(55)25-40/h10-19,25,31-32,39,42,45,49-50,57,63H,20-24,27-30H2,1-9H3,(H,59,66)(H,60,64)(H,61,65)/t32-,39+,42-,45?,49?,50?/m0/s1. The Bertz CT molecular complexity index is 2590. The summed E-state index contributed by atoms with van der Waals surface area (Å²) in [6.07, 6.45) is 0.451. The molecule has 1 unspecified atom stereocenters. The zero-order chi connectivity index (χ0) is 51.5. The Balaban J connectivity index is 0.841. The number of nitrogens with one attached hydrogen (secondary N) is 4. The van der Waals surface area contributed by atoms with Crippen molar-refractivity contribution in [1.29, 1.82) is 5.26 Å². The number of benzene rings is 3. The second-order valence-electron chi connectivity index (χ2n) is 21.7. The van der Waals surface area contributed by atoms with Crippen LogP contribution in [-0.2, 0) is 23.9 Å². The molecule has 1 aromatic heterocycles. The number of amides is 4. The maximum absolute atomic E-state index is 14.2. The maximum Gasteiger partial charge on any atom is 0.251 e. The molecule has 4 amide bonds. The fraction of sp³-hybridized carbons (Fsp3) is 0.519. The van der Waals surface area contributed by atoms with E-state index < -0.39 is 46.2 Å². The van der Waals surface area contributed by atoms with Gasteiger partial charge in [-0.05, 0) is 79.6 Å². The lowest BCUT2D eigenvalue weighted by molar-refractivity contribution is -0.164. The quantitative estimate of drug-likeness (QED) is 0.0573. The molecule has 2 aliphatic heterocycles. The minimum Gasteiger partial charge on any atom is -0.489 e. The summed E-state index contributed by atoms with van der Waals surface area (Å²) < 4.78 is 17.9.